The molecular weight excluding hydrogens is 354 g/mol. The highest BCUT2D eigenvalue weighted by atomic mass is 32.1. The lowest BCUT2D eigenvalue weighted by atomic mass is 9.73. The summed E-state index contributed by atoms with van der Waals surface area (Å²) < 4.78 is 2.14. The Morgan fingerprint density at radius 2 is 2.19 bits per heavy atom. The molecule has 0 radical (unpaired) electrons. The molecule has 2 aliphatic rings. The second-order valence-corrected chi connectivity index (χ2v) is 7.75. The van der Waals surface area contributed by atoms with E-state index in [4.69, 9.17) is 0 Å². The van der Waals surface area contributed by atoms with Gasteiger partial charge >= 0.3 is 0 Å². The van der Waals surface area contributed by atoms with Gasteiger partial charge in [0.15, 0.2) is 0 Å². The largest absolute Gasteiger partial charge is 0.353 e. The predicted molar refractivity (Wildman–Crippen MR) is 97.4 cm³/mol. The molecule has 3 unspecified atom stereocenters. The molecular formula is C17H21N5O3S. The Morgan fingerprint density at radius 3 is 3.08 bits per heavy atom. The van der Waals surface area contributed by atoms with Crippen molar-refractivity contribution < 1.29 is 9.59 Å². The third-order valence-electron chi connectivity index (χ3n) is 5.31. The van der Waals surface area contributed by atoms with Gasteiger partial charge in [0.25, 0.3) is 5.56 Å². The summed E-state index contributed by atoms with van der Waals surface area (Å²) in [5.41, 5.74) is 6.10. The maximum absolute atomic E-state index is 12.6. The first-order valence-electron chi connectivity index (χ1n) is 8.91. The van der Waals surface area contributed by atoms with Crippen molar-refractivity contribution in [1.29, 1.82) is 0 Å². The van der Waals surface area contributed by atoms with Gasteiger partial charge in [-0.15, -0.1) is 11.3 Å². The fourth-order valence-electron chi connectivity index (χ4n) is 3.94. The van der Waals surface area contributed by atoms with Gasteiger partial charge in [0.1, 0.15) is 10.7 Å². The number of carbonyl (C=O) groups is 2. The van der Waals surface area contributed by atoms with Crippen molar-refractivity contribution in [3.63, 3.8) is 0 Å². The molecule has 2 aromatic heterocycles. The third kappa shape index (κ3) is 3.12. The molecule has 0 spiro atoms. The van der Waals surface area contributed by atoms with Crippen LogP contribution in [0.3, 0.4) is 0 Å². The van der Waals surface area contributed by atoms with Gasteiger partial charge in [0.05, 0.1) is 11.8 Å². The summed E-state index contributed by atoms with van der Waals surface area (Å²) in [7, 11) is 0. The molecule has 0 aromatic carbocycles. The number of thiophene rings is 1. The number of carbonyl (C=O) groups excluding carboxylic acids is 2. The van der Waals surface area contributed by atoms with Gasteiger partial charge in [-0.1, -0.05) is 12.8 Å². The van der Waals surface area contributed by atoms with Crippen molar-refractivity contribution in [2.24, 2.45) is 11.8 Å². The lowest BCUT2D eigenvalue weighted by Crippen LogP contribution is -2.64. The Morgan fingerprint density at radius 1 is 1.35 bits per heavy atom. The number of hydrazine groups is 1. The predicted octanol–water partition coefficient (Wildman–Crippen LogP) is 0.384. The van der Waals surface area contributed by atoms with E-state index in [0.717, 1.165) is 25.7 Å². The highest BCUT2D eigenvalue weighted by molar-refractivity contribution is 7.17. The van der Waals surface area contributed by atoms with Crippen LogP contribution in [0.2, 0.25) is 0 Å². The maximum Gasteiger partial charge on any atom is 0.271 e. The summed E-state index contributed by atoms with van der Waals surface area (Å²) in [5, 5.41) is 4.72. The van der Waals surface area contributed by atoms with Crippen molar-refractivity contribution >= 4 is 33.4 Å². The van der Waals surface area contributed by atoms with Gasteiger partial charge in [0, 0.05) is 19.0 Å². The smallest absolute Gasteiger partial charge is 0.271 e. The van der Waals surface area contributed by atoms with Crippen molar-refractivity contribution in [1.82, 2.24) is 25.7 Å². The van der Waals surface area contributed by atoms with Gasteiger partial charge in [-0.25, -0.2) is 10.4 Å². The van der Waals surface area contributed by atoms with Crippen LogP contribution in [0.15, 0.2) is 22.6 Å². The zero-order valence-electron chi connectivity index (χ0n) is 14.2. The van der Waals surface area contributed by atoms with Crippen molar-refractivity contribution in [2.45, 2.75) is 38.3 Å². The Labute approximate surface area is 154 Å². The number of fused-ring (bicyclic) bond motifs is 2. The monoisotopic (exact) mass is 375 g/mol. The lowest BCUT2D eigenvalue weighted by molar-refractivity contribution is -0.138. The molecule has 1 saturated heterocycles. The van der Waals surface area contributed by atoms with Crippen LogP contribution < -0.4 is 21.7 Å². The highest BCUT2D eigenvalue weighted by Crippen LogP contribution is 2.34. The Bertz CT molecular complexity index is 892. The van der Waals surface area contributed by atoms with Crippen LogP contribution in [0, 0.1) is 11.8 Å². The van der Waals surface area contributed by atoms with E-state index >= 15 is 0 Å². The molecule has 1 aliphatic heterocycles. The molecule has 3 heterocycles. The van der Waals surface area contributed by atoms with E-state index in [9.17, 15) is 14.4 Å². The molecule has 3 atom stereocenters. The molecule has 0 bridgehead atoms. The minimum Gasteiger partial charge on any atom is -0.353 e. The van der Waals surface area contributed by atoms with E-state index in [-0.39, 0.29) is 29.2 Å². The van der Waals surface area contributed by atoms with Crippen LogP contribution in [-0.4, -0.2) is 34.0 Å². The summed E-state index contributed by atoms with van der Waals surface area (Å²) in [5.74, 6) is -0.209. The first-order valence-corrected chi connectivity index (χ1v) is 9.79. The van der Waals surface area contributed by atoms with Crippen LogP contribution in [0.4, 0.5) is 0 Å². The summed E-state index contributed by atoms with van der Waals surface area (Å²) in [4.78, 5) is 41.2. The summed E-state index contributed by atoms with van der Waals surface area (Å²) >= 11 is 1.37. The number of rotatable bonds is 4. The molecule has 26 heavy (non-hydrogen) atoms. The number of hydrogen-bond acceptors (Lipinski definition) is 6. The summed E-state index contributed by atoms with van der Waals surface area (Å²) in [6.45, 7) is 0.694. The first-order chi connectivity index (χ1) is 12.6. The van der Waals surface area contributed by atoms with E-state index in [0.29, 0.717) is 23.3 Å². The minimum absolute atomic E-state index is 0.0133. The number of aromatic nitrogens is 2. The van der Waals surface area contributed by atoms with E-state index in [1.165, 1.54) is 22.2 Å². The van der Waals surface area contributed by atoms with Crippen LogP contribution in [0.1, 0.15) is 25.7 Å². The fourth-order valence-corrected chi connectivity index (χ4v) is 4.73. The van der Waals surface area contributed by atoms with Crippen molar-refractivity contribution in [2.75, 3.05) is 6.54 Å². The number of hydrogen-bond donors (Lipinski definition) is 3. The zero-order chi connectivity index (χ0) is 18.1. The molecule has 2 fully saturated rings. The third-order valence-corrected chi connectivity index (χ3v) is 6.20. The molecule has 1 saturated carbocycles. The van der Waals surface area contributed by atoms with Crippen LogP contribution in [0.25, 0.3) is 10.2 Å². The van der Waals surface area contributed by atoms with Crippen molar-refractivity contribution in [3.8, 4) is 0 Å². The molecule has 2 aromatic rings. The van der Waals surface area contributed by atoms with Gasteiger partial charge in [-0.3, -0.25) is 24.4 Å². The maximum atomic E-state index is 12.6. The number of nitrogens with one attached hydrogen (secondary N) is 3. The fraction of sp³-hybridized carbons (Fsp3) is 0.529. The van der Waals surface area contributed by atoms with Crippen molar-refractivity contribution in [3.05, 3.63) is 28.1 Å². The quantitative estimate of drug-likeness (QED) is 0.717. The lowest BCUT2D eigenvalue weighted by Gasteiger charge is -2.40. The summed E-state index contributed by atoms with van der Waals surface area (Å²) in [6.07, 6.45) is 5.30. The van der Waals surface area contributed by atoms with E-state index in [2.05, 4.69) is 21.2 Å². The molecule has 138 valence electrons. The number of nitrogens with zero attached hydrogens (tertiary/aromatic N) is 2. The molecule has 3 N–H and O–H groups in total. The van der Waals surface area contributed by atoms with Crippen LogP contribution >= 0.6 is 11.3 Å². The average Bonchev–Trinajstić information content (AvgIpc) is 3.14. The molecule has 4 rings (SSSR count). The molecule has 8 nitrogen and oxygen atoms in total. The standard InChI is InChI=1S/C17H21N5O3S/c23-15-11-4-2-1-3-10(11)13(20-21-15)16(24)18-6-7-22-9-19-12-5-8-26-14(12)17(22)25/h5,8-11,13,20H,1-4,6-7H2,(H,18,24)(H,21,23). The van der Waals surface area contributed by atoms with Gasteiger partial charge < -0.3 is 5.32 Å². The zero-order valence-corrected chi connectivity index (χ0v) is 15.1. The molecule has 1 aliphatic carbocycles. The van der Waals surface area contributed by atoms with E-state index < -0.39 is 6.04 Å². The minimum atomic E-state index is -0.423. The SMILES string of the molecule is O=C1NNC(C(=O)NCCn2cnc3ccsc3c2=O)C2CCCCC12. The topological polar surface area (TPSA) is 105 Å². The first kappa shape index (κ1) is 17.2. The normalized spacial score (nSPS) is 25.5. The summed E-state index contributed by atoms with van der Waals surface area (Å²) in [6, 6.07) is 1.39. The highest BCUT2D eigenvalue weighted by Gasteiger charge is 2.42. The van der Waals surface area contributed by atoms with Crippen LogP contribution in [0.5, 0.6) is 0 Å². The van der Waals surface area contributed by atoms with Gasteiger partial charge in [0.2, 0.25) is 11.8 Å². The molecule has 9 heteroatoms. The Kier molecular flexibility index (Phi) is 4.73. The molecule has 2 amide bonds. The van der Waals surface area contributed by atoms with Gasteiger partial charge in [-0.05, 0) is 30.2 Å². The Hall–Kier alpha value is -2.26. The number of amides is 2. The van der Waals surface area contributed by atoms with Gasteiger partial charge in [-0.2, -0.15) is 0 Å². The Balaban J connectivity index is 1.38. The average molecular weight is 375 g/mol. The second-order valence-electron chi connectivity index (χ2n) is 6.84. The second kappa shape index (κ2) is 7.16. The van der Waals surface area contributed by atoms with Crippen LogP contribution in [-0.2, 0) is 16.1 Å². The van der Waals surface area contributed by atoms with E-state index in [1.54, 1.807) is 0 Å². The van der Waals surface area contributed by atoms with E-state index in [1.807, 2.05) is 11.4 Å².